The number of benzene rings is 1. The fraction of sp³-hybridized carbons (Fsp3) is 0.600. The van der Waals surface area contributed by atoms with Crippen LogP contribution in [-0.2, 0) is 26.2 Å². The van der Waals surface area contributed by atoms with Gasteiger partial charge in [-0.3, -0.25) is 15.0 Å². The topological polar surface area (TPSA) is 115 Å². The van der Waals surface area contributed by atoms with Gasteiger partial charge in [0.05, 0.1) is 27.9 Å². The van der Waals surface area contributed by atoms with E-state index in [0.717, 1.165) is 5.56 Å². The predicted octanol–water partition coefficient (Wildman–Crippen LogP) is 0.771. The third kappa shape index (κ3) is 4.36. The van der Waals surface area contributed by atoms with E-state index in [1.165, 1.54) is 12.1 Å². The molecule has 138 valence electrons. The summed E-state index contributed by atoms with van der Waals surface area (Å²) in [4.78, 5) is 12.2. The summed E-state index contributed by atoms with van der Waals surface area (Å²) < 4.78 is 47.4. The summed E-state index contributed by atoms with van der Waals surface area (Å²) in [5.41, 5.74) is 0.793. The zero-order valence-corrected chi connectivity index (χ0v) is 15.2. The van der Waals surface area contributed by atoms with Crippen LogP contribution >= 0.6 is 0 Å². The van der Waals surface area contributed by atoms with Crippen molar-refractivity contribution in [2.75, 3.05) is 23.0 Å². The summed E-state index contributed by atoms with van der Waals surface area (Å²) in [5.74, 6) is 0.314. The van der Waals surface area contributed by atoms with Gasteiger partial charge in [0.15, 0.2) is 19.7 Å². The number of hydrogen-bond acceptors (Lipinski definition) is 7. The minimum atomic E-state index is -3.09. The normalized spacial score (nSPS) is 27.6. The van der Waals surface area contributed by atoms with Crippen molar-refractivity contribution in [1.29, 1.82) is 0 Å². The van der Waals surface area contributed by atoms with E-state index in [4.69, 9.17) is 0 Å². The van der Waals surface area contributed by atoms with E-state index in [9.17, 15) is 26.9 Å². The van der Waals surface area contributed by atoms with Crippen LogP contribution in [0, 0.1) is 10.1 Å². The highest BCUT2D eigenvalue weighted by atomic mass is 32.2. The lowest BCUT2D eigenvalue weighted by Gasteiger charge is -2.33. The van der Waals surface area contributed by atoms with Gasteiger partial charge in [0.1, 0.15) is 0 Å². The molecule has 0 spiro atoms. The van der Waals surface area contributed by atoms with Crippen LogP contribution in [0.3, 0.4) is 0 Å². The largest absolute Gasteiger partial charge is 0.291 e. The maximum atomic E-state index is 11.8. The summed E-state index contributed by atoms with van der Waals surface area (Å²) >= 11 is 0. The lowest BCUT2D eigenvalue weighted by atomic mass is 10.1. The molecule has 0 saturated carbocycles. The molecule has 2 heterocycles. The van der Waals surface area contributed by atoms with Crippen LogP contribution in [0.4, 0.5) is 5.69 Å². The van der Waals surface area contributed by atoms with Crippen LogP contribution in [0.25, 0.3) is 0 Å². The average Bonchev–Trinajstić information content (AvgIpc) is 3.07. The average molecular weight is 388 g/mol. The first-order chi connectivity index (χ1) is 11.7. The fourth-order valence-electron chi connectivity index (χ4n) is 3.56. The zero-order chi connectivity index (χ0) is 18.2. The second kappa shape index (κ2) is 6.65. The maximum absolute atomic E-state index is 11.8. The Morgan fingerprint density at radius 3 is 1.80 bits per heavy atom. The molecule has 1 aromatic rings. The number of non-ortho nitro benzene ring substituents is 1. The number of nitro groups is 1. The fourth-order valence-corrected chi connectivity index (χ4v) is 7.05. The maximum Gasteiger partial charge on any atom is 0.269 e. The van der Waals surface area contributed by atoms with Gasteiger partial charge in [-0.1, -0.05) is 12.1 Å². The Morgan fingerprint density at radius 1 is 0.960 bits per heavy atom. The molecule has 0 aliphatic carbocycles. The third-order valence-electron chi connectivity index (χ3n) is 4.87. The third-order valence-corrected chi connectivity index (χ3v) is 8.37. The lowest BCUT2D eigenvalue weighted by Crippen LogP contribution is -2.44. The molecule has 2 fully saturated rings. The Balaban J connectivity index is 1.82. The summed E-state index contributed by atoms with van der Waals surface area (Å²) in [6.07, 6.45) is 0.984. The second-order valence-corrected chi connectivity index (χ2v) is 11.2. The smallest absolute Gasteiger partial charge is 0.269 e. The number of rotatable bonds is 5. The van der Waals surface area contributed by atoms with Crippen molar-refractivity contribution in [2.24, 2.45) is 0 Å². The Kier molecular flexibility index (Phi) is 4.86. The second-order valence-electron chi connectivity index (χ2n) is 6.71. The monoisotopic (exact) mass is 388 g/mol. The van der Waals surface area contributed by atoms with E-state index >= 15 is 0 Å². The SMILES string of the molecule is O=[N+]([O-])c1ccc(CN([C@@H]2CCS(=O)(=O)C2)[C@H]2CCS(=O)(=O)C2)cc1. The molecule has 0 bridgehead atoms. The number of nitrogens with zero attached hydrogens (tertiary/aromatic N) is 2. The van der Waals surface area contributed by atoms with Gasteiger partial charge < -0.3 is 0 Å². The van der Waals surface area contributed by atoms with E-state index < -0.39 is 24.6 Å². The molecular weight excluding hydrogens is 368 g/mol. The summed E-state index contributed by atoms with van der Waals surface area (Å²) in [6.45, 7) is 0.387. The highest BCUT2D eigenvalue weighted by Gasteiger charge is 2.39. The molecule has 10 heteroatoms. The van der Waals surface area contributed by atoms with E-state index in [0.29, 0.717) is 19.4 Å². The molecule has 1 aromatic carbocycles. The van der Waals surface area contributed by atoms with Gasteiger partial charge in [0, 0.05) is 30.8 Å². The van der Waals surface area contributed by atoms with Crippen LogP contribution in [0.5, 0.6) is 0 Å². The quantitative estimate of drug-likeness (QED) is 0.540. The molecule has 25 heavy (non-hydrogen) atoms. The van der Waals surface area contributed by atoms with Crippen LogP contribution in [0.15, 0.2) is 24.3 Å². The Bertz CT molecular complexity index is 820. The van der Waals surface area contributed by atoms with Crippen LogP contribution in [0.1, 0.15) is 18.4 Å². The van der Waals surface area contributed by atoms with Gasteiger partial charge in [-0.05, 0) is 18.4 Å². The minimum Gasteiger partial charge on any atom is -0.291 e. The molecule has 0 N–H and O–H groups in total. The molecular formula is C15H20N2O6S2. The van der Waals surface area contributed by atoms with Gasteiger partial charge in [-0.2, -0.15) is 0 Å². The number of hydrogen-bond donors (Lipinski definition) is 0. The van der Waals surface area contributed by atoms with Gasteiger partial charge in [0.25, 0.3) is 5.69 Å². The molecule has 0 unspecified atom stereocenters. The van der Waals surface area contributed by atoms with Crippen molar-refractivity contribution < 1.29 is 21.8 Å². The van der Waals surface area contributed by atoms with Crippen molar-refractivity contribution >= 4 is 25.4 Å². The first kappa shape index (κ1) is 18.3. The molecule has 2 atom stereocenters. The minimum absolute atomic E-state index is 0.0119. The van der Waals surface area contributed by atoms with E-state index in [2.05, 4.69) is 0 Å². The molecule has 3 rings (SSSR count). The highest BCUT2D eigenvalue weighted by Crippen LogP contribution is 2.28. The highest BCUT2D eigenvalue weighted by molar-refractivity contribution is 7.92. The summed E-state index contributed by atoms with van der Waals surface area (Å²) in [5, 5.41) is 10.8. The molecule has 2 aliphatic rings. The molecule has 8 nitrogen and oxygen atoms in total. The van der Waals surface area contributed by atoms with E-state index in [-0.39, 0.29) is 40.8 Å². The van der Waals surface area contributed by atoms with Crippen molar-refractivity contribution in [2.45, 2.75) is 31.5 Å². The van der Waals surface area contributed by atoms with Crippen molar-refractivity contribution in [3.05, 3.63) is 39.9 Å². The Hall–Kier alpha value is -1.52. The molecule has 2 saturated heterocycles. The van der Waals surface area contributed by atoms with Gasteiger partial charge in [-0.15, -0.1) is 0 Å². The molecule has 2 aliphatic heterocycles. The van der Waals surface area contributed by atoms with Crippen molar-refractivity contribution in [3.63, 3.8) is 0 Å². The molecule has 0 aromatic heterocycles. The Morgan fingerprint density at radius 2 is 1.44 bits per heavy atom. The lowest BCUT2D eigenvalue weighted by molar-refractivity contribution is -0.384. The van der Waals surface area contributed by atoms with E-state index in [1.54, 1.807) is 12.1 Å². The van der Waals surface area contributed by atoms with Crippen LogP contribution in [0.2, 0.25) is 0 Å². The summed E-state index contributed by atoms with van der Waals surface area (Å²) in [7, 11) is -6.18. The molecule has 0 radical (unpaired) electrons. The van der Waals surface area contributed by atoms with Gasteiger partial charge in [-0.25, -0.2) is 16.8 Å². The standard InChI is InChI=1S/C15H20N2O6S2/c18-17(19)13-3-1-12(2-4-13)9-16(14-5-7-24(20,21)10-14)15-6-8-25(22,23)11-15/h1-4,14-15H,5-11H2/t14-,15+. The van der Waals surface area contributed by atoms with Gasteiger partial charge in [0.2, 0.25) is 0 Å². The first-order valence-electron chi connectivity index (χ1n) is 8.05. The first-order valence-corrected chi connectivity index (χ1v) is 11.7. The molecule has 0 amide bonds. The number of nitro benzene ring substituents is 1. The van der Waals surface area contributed by atoms with Crippen molar-refractivity contribution in [3.8, 4) is 0 Å². The van der Waals surface area contributed by atoms with Crippen LogP contribution < -0.4 is 0 Å². The Labute approximate surface area is 146 Å². The van der Waals surface area contributed by atoms with Gasteiger partial charge >= 0.3 is 0 Å². The zero-order valence-electron chi connectivity index (χ0n) is 13.6. The van der Waals surface area contributed by atoms with Crippen LogP contribution in [-0.4, -0.2) is 61.8 Å². The summed E-state index contributed by atoms with van der Waals surface area (Å²) in [6, 6.07) is 5.67. The predicted molar refractivity (Wildman–Crippen MR) is 92.8 cm³/mol. The number of sulfone groups is 2. The van der Waals surface area contributed by atoms with Crippen molar-refractivity contribution in [1.82, 2.24) is 4.90 Å². The van der Waals surface area contributed by atoms with E-state index in [1.807, 2.05) is 4.90 Å².